The predicted molar refractivity (Wildman–Crippen MR) is 81.3 cm³/mol. The van der Waals surface area contributed by atoms with Gasteiger partial charge in [-0.3, -0.25) is 0 Å². The van der Waals surface area contributed by atoms with Crippen molar-refractivity contribution in [1.82, 2.24) is 5.32 Å². The lowest BCUT2D eigenvalue weighted by Gasteiger charge is -2.47. The second-order valence-electron chi connectivity index (χ2n) is 6.51. The maximum Gasteiger partial charge on any atom is 0.0465 e. The van der Waals surface area contributed by atoms with Gasteiger partial charge in [0.1, 0.15) is 0 Å². The van der Waals surface area contributed by atoms with Crippen LogP contribution in [-0.4, -0.2) is 6.54 Å². The second kappa shape index (κ2) is 5.66. The van der Waals surface area contributed by atoms with E-state index in [0.29, 0.717) is 0 Å². The summed E-state index contributed by atoms with van der Waals surface area (Å²) in [6.07, 6.45) is 11.2. The second-order valence-corrected chi connectivity index (χ2v) is 6.51. The number of nitrogens with one attached hydrogen (secondary N) is 1. The number of aryl methyl sites for hydroxylation is 1. The van der Waals surface area contributed by atoms with Crippen molar-refractivity contribution in [3.63, 3.8) is 0 Å². The molecule has 104 valence electrons. The zero-order valence-electron chi connectivity index (χ0n) is 12.3. The Hall–Kier alpha value is -0.820. The van der Waals surface area contributed by atoms with Gasteiger partial charge in [0.15, 0.2) is 0 Å². The fourth-order valence-corrected chi connectivity index (χ4v) is 4.40. The summed E-state index contributed by atoms with van der Waals surface area (Å²) in [5, 5.41) is 3.96. The highest BCUT2D eigenvalue weighted by molar-refractivity contribution is 5.34. The predicted octanol–water partition coefficient (Wildman–Crippen LogP) is 4.54. The number of piperidine rings is 1. The number of rotatable bonds is 2. The van der Waals surface area contributed by atoms with E-state index in [9.17, 15) is 0 Å². The summed E-state index contributed by atoms with van der Waals surface area (Å²) in [5.41, 5.74) is 3.34. The largest absolute Gasteiger partial charge is 0.307 e. The molecule has 0 unspecified atom stereocenters. The van der Waals surface area contributed by atoms with Gasteiger partial charge in [-0.2, -0.15) is 0 Å². The molecule has 1 aliphatic heterocycles. The Bertz CT molecular complexity index is 411. The molecule has 1 aromatic carbocycles. The third-order valence-corrected chi connectivity index (χ3v) is 5.37. The van der Waals surface area contributed by atoms with Gasteiger partial charge in [0, 0.05) is 5.54 Å². The average molecular weight is 257 g/mol. The van der Waals surface area contributed by atoms with Crippen LogP contribution in [0, 0.1) is 12.8 Å². The average Bonchev–Trinajstić information content (AvgIpc) is 2.49. The standard InChI is InChI=1S/C18H27N/c1-15-9-5-6-12-17(15)18(13-7-8-14-19-18)16-10-3-2-4-11-16/h5-6,9,12,16,19H,2-4,7-8,10-11,13-14H2,1H3/t18-/m0/s1. The van der Waals surface area contributed by atoms with Crippen molar-refractivity contribution < 1.29 is 0 Å². The van der Waals surface area contributed by atoms with Crippen LogP contribution in [0.15, 0.2) is 24.3 Å². The number of benzene rings is 1. The van der Waals surface area contributed by atoms with Gasteiger partial charge in [-0.15, -0.1) is 0 Å². The Morgan fingerprint density at radius 1 is 1.00 bits per heavy atom. The number of hydrogen-bond acceptors (Lipinski definition) is 1. The van der Waals surface area contributed by atoms with Crippen LogP contribution in [0.25, 0.3) is 0 Å². The van der Waals surface area contributed by atoms with Gasteiger partial charge in [0.2, 0.25) is 0 Å². The van der Waals surface area contributed by atoms with E-state index in [4.69, 9.17) is 0 Å². The first kappa shape index (κ1) is 13.2. The molecule has 1 nitrogen and oxygen atoms in total. The molecule has 0 bridgehead atoms. The lowest BCUT2D eigenvalue weighted by Crippen LogP contribution is -2.52. The molecule has 2 fully saturated rings. The Morgan fingerprint density at radius 3 is 2.47 bits per heavy atom. The Kier molecular flexibility index (Phi) is 3.93. The van der Waals surface area contributed by atoms with E-state index in [1.165, 1.54) is 63.5 Å². The lowest BCUT2D eigenvalue weighted by molar-refractivity contribution is 0.123. The minimum Gasteiger partial charge on any atom is -0.307 e. The summed E-state index contributed by atoms with van der Waals surface area (Å²) >= 11 is 0. The van der Waals surface area contributed by atoms with E-state index < -0.39 is 0 Å². The molecule has 1 saturated heterocycles. The topological polar surface area (TPSA) is 12.0 Å². The van der Waals surface area contributed by atoms with Crippen molar-refractivity contribution in [3.8, 4) is 0 Å². The van der Waals surface area contributed by atoms with Crippen LogP contribution in [0.3, 0.4) is 0 Å². The Balaban J connectivity index is 1.98. The van der Waals surface area contributed by atoms with Gasteiger partial charge in [-0.05, 0) is 62.6 Å². The van der Waals surface area contributed by atoms with E-state index >= 15 is 0 Å². The minimum atomic E-state index is 0.282. The molecule has 0 spiro atoms. The molecule has 1 aliphatic carbocycles. The molecule has 0 amide bonds. The Morgan fingerprint density at radius 2 is 1.79 bits per heavy atom. The fourth-order valence-electron chi connectivity index (χ4n) is 4.40. The van der Waals surface area contributed by atoms with Gasteiger partial charge in [-0.25, -0.2) is 0 Å². The quantitative estimate of drug-likeness (QED) is 0.820. The first-order valence-corrected chi connectivity index (χ1v) is 8.14. The van der Waals surface area contributed by atoms with E-state index in [2.05, 4.69) is 36.5 Å². The molecule has 1 heteroatoms. The van der Waals surface area contributed by atoms with Crippen LogP contribution in [0.2, 0.25) is 0 Å². The van der Waals surface area contributed by atoms with Crippen molar-refractivity contribution in [3.05, 3.63) is 35.4 Å². The van der Waals surface area contributed by atoms with E-state index in [1.807, 2.05) is 0 Å². The van der Waals surface area contributed by atoms with Gasteiger partial charge in [-0.1, -0.05) is 43.5 Å². The maximum atomic E-state index is 3.96. The summed E-state index contributed by atoms with van der Waals surface area (Å²) in [5.74, 6) is 0.850. The summed E-state index contributed by atoms with van der Waals surface area (Å²) < 4.78 is 0. The van der Waals surface area contributed by atoms with Crippen LogP contribution in [0.5, 0.6) is 0 Å². The summed E-state index contributed by atoms with van der Waals surface area (Å²) in [7, 11) is 0. The summed E-state index contributed by atoms with van der Waals surface area (Å²) in [4.78, 5) is 0. The summed E-state index contributed by atoms with van der Waals surface area (Å²) in [6, 6.07) is 9.07. The third-order valence-electron chi connectivity index (χ3n) is 5.37. The number of hydrogen-bond donors (Lipinski definition) is 1. The van der Waals surface area contributed by atoms with Crippen molar-refractivity contribution in [2.75, 3.05) is 6.54 Å². The minimum absolute atomic E-state index is 0.282. The van der Waals surface area contributed by atoms with Crippen LogP contribution < -0.4 is 5.32 Å². The van der Waals surface area contributed by atoms with Gasteiger partial charge < -0.3 is 5.32 Å². The van der Waals surface area contributed by atoms with Gasteiger partial charge >= 0.3 is 0 Å². The zero-order chi connectivity index (χ0) is 13.1. The molecular weight excluding hydrogens is 230 g/mol. The molecule has 1 aromatic rings. The molecule has 1 heterocycles. The van der Waals surface area contributed by atoms with E-state index in [1.54, 1.807) is 5.56 Å². The van der Waals surface area contributed by atoms with Crippen molar-refractivity contribution >= 4 is 0 Å². The SMILES string of the molecule is Cc1ccccc1[C@@]1(C2CCCCC2)CCCCN1. The Labute approximate surface area is 117 Å². The van der Waals surface area contributed by atoms with Crippen molar-refractivity contribution in [2.45, 2.75) is 63.8 Å². The van der Waals surface area contributed by atoms with Crippen LogP contribution >= 0.6 is 0 Å². The maximum absolute atomic E-state index is 3.96. The van der Waals surface area contributed by atoms with Crippen LogP contribution in [0.4, 0.5) is 0 Å². The molecule has 1 N–H and O–H groups in total. The van der Waals surface area contributed by atoms with Gasteiger partial charge in [0.25, 0.3) is 0 Å². The highest BCUT2D eigenvalue weighted by Crippen LogP contribution is 2.44. The third kappa shape index (κ3) is 2.45. The normalized spacial score (nSPS) is 29.3. The first-order chi connectivity index (χ1) is 9.33. The first-order valence-electron chi connectivity index (χ1n) is 8.14. The molecule has 1 saturated carbocycles. The van der Waals surface area contributed by atoms with E-state index in [0.717, 1.165) is 5.92 Å². The fraction of sp³-hybridized carbons (Fsp3) is 0.667. The molecule has 2 aliphatic rings. The van der Waals surface area contributed by atoms with Crippen molar-refractivity contribution in [2.24, 2.45) is 5.92 Å². The van der Waals surface area contributed by atoms with Crippen LogP contribution in [-0.2, 0) is 5.54 Å². The van der Waals surface area contributed by atoms with Gasteiger partial charge in [0.05, 0.1) is 0 Å². The summed E-state index contributed by atoms with van der Waals surface area (Å²) in [6.45, 7) is 3.49. The molecule has 1 atom stereocenters. The molecular formula is C18H27N. The lowest BCUT2D eigenvalue weighted by atomic mass is 9.66. The zero-order valence-corrected chi connectivity index (χ0v) is 12.3. The highest BCUT2D eigenvalue weighted by atomic mass is 15.0. The molecule has 3 rings (SSSR count). The van der Waals surface area contributed by atoms with E-state index in [-0.39, 0.29) is 5.54 Å². The highest BCUT2D eigenvalue weighted by Gasteiger charge is 2.41. The monoisotopic (exact) mass is 257 g/mol. The molecule has 0 radical (unpaired) electrons. The van der Waals surface area contributed by atoms with Crippen LogP contribution in [0.1, 0.15) is 62.5 Å². The molecule has 0 aromatic heterocycles. The smallest absolute Gasteiger partial charge is 0.0465 e. The van der Waals surface area contributed by atoms with Crippen molar-refractivity contribution in [1.29, 1.82) is 0 Å². The molecule has 19 heavy (non-hydrogen) atoms.